The molecule has 0 radical (unpaired) electrons. The molecule has 0 spiro atoms. The molecule has 3 aromatic rings. The minimum atomic E-state index is -0.400. The fraction of sp³-hybridized carbons (Fsp3) is 0.333. The Morgan fingerprint density at radius 3 is 2.87 bits per heavy atom. The lowest BCUT2D eigenvalue weighted by molar-refractivity contribution is 0.0916. The van der Waals surface area contributed by atoms with E-state index in [1.807, 2.05) is 18.2 Å². The summed E-state index contributed by atoms with van der Waals surface area (Å²) >= 11 is 0. The fourth-order valence-corrected chi connectivity index (χ4v) is 3.74. The number of methoxy groups -OCH3 is 1. The number of carbonyl (C=O) groups is 1. The van der Waals surface area contributed by atoms with E-state index in [0.717, 1.165) is 30.0 Å². The average molecular weight is 422 g/mol. The molecule has 2 heterocycles. The molecule has 0 fully saturated rings. The van der Waals surface area contributed by atoms with Crippen molar-refractivity contribution in [2.24, 2.45) is 0 Å². The van der Waals surface area contributed by atoms with Gasteiger partial charge in [-0.05, 0) is 36.8 Å². The van der Waals surface area contributed by atoms with Crippen LogP contribution in [0.4, 0.5) is 0 Å². The number of nitrogens with one attached hydrogen (secondary N) is 1. The quantitative estimate of drug-likeness (QED) is 0.657. The molecule has 7 heteroatoms. The number of ether oxygens (including phenoxy) is 2. The molecule has 31 heavy (non-hydrogen) atoms. The van der Waals surface area contributed by atoms with Crippen molar-refractivity contribution in [3.05, 3.63) is 70.1 Å². The van der Waals surface area contributed by atoms with Crippen molar-refractivity contribution in [3.8, 4) is 11.5 Å². The second-order valence-electron chi connectivity index (χ2n) is 7.58. The Balaban J connectivity index is 1.42. The van der Waals surface area contributed by atoms with E-state index >= 15 is 0 Å². The van der Waals surface area contributed by atoms with Crippen LogP contribution in [0.2, 0.25) is 0 Å². The third-order valence-corrected chi connectivity index (χ3v) is 5.44. The summed E-state index contributed by atoms with van der Waals surface area (Å²) in [5.74, 6) is 1.28. The first-order valence-electron chi connectivity index (χ1n) is 10.4. The normalized spacial score (nSPS) is 16.3. The van der Waals surface area contributed by atoms with Crippen molar-refractivity contribution < 1.29 is 18.7 Å². The second-order valence-corrected chi connectivity index (χ2v) is 7.58. The average Bonchev–Trinajstić information content (AvgIpc) is 2.97. The lowest BCUT2D eigenvalue weighted by atomic mass is 10.2. The van der Waals surface area contributed by atoms with E-state index in [4.69, 9.17) is 13.9 Å². The third-order valence-electron chi connectivity index (χ3n) is 5.44. The van der Waals surface area contributed by atoms with E-state index in [1.54, 1.807) is 31.4 Å². The van der Waals surface area contributed by atoms with Crippen LogP contribution < -0.4 is 20.2 Å². The van der Waals surface area contributed by atoms with Crippen molar-refractivity contribution >= 4 is 16.9 Å². The molecule has 1 atom stereocenters. The van der Waals surface area contributed by atoms with Gasteiger partial charge in [-0.3, -0.25) is 14.5 Å². The molecule has 0 saturated heterocycles. The second kappa shape index (κ2) is 9.22. The fourth-order valence-electron chi connectivity index (χ4n) is 3.74. The van der Waals surface area contributed by atoms with E-state index in [2.05, 4.69) is 17.1 Å². The van der Waals surface area contributed by atoms with E-state index in [-0.39, 0.29) is 17.3 Å². The first kappa shape index (κ1) is 20.9. The van der Waals surface area contributed by atoms with Crippen LogP contribution in [-0.2, 0) is 6.54 Å². The molecule has 7 nitrogen and oxygen atoms in total. The zero-order valence-corrected chi connectivity index (χ0v) is 17.7. The van der Waals surface area contributed by atoms with Gasteiger partial charge in [-0.2, -0.15) is 0 Å². The summed E-state index contributed by atoms with van der Waals surface area (Å²) in [5, 5.41) is 3.32. The Morgan fingerprint density at radius 1 is 1.23 bits per heavy atom. The van der Waals surface area contributed by atoms with Crippen molar-refractivity contribution in [1.29, 1.82) is 0 Å². The maximum Gasteiger partial charge on any atom is 0.287 e. The highest BCUT2D eigenvalue weighted by Crippen LogP contribution is 2.29. The molecule has 4 rings (SSSR count). The predicted molar refractivity (Wildman–Crippen MR) is 118 cm³/mol. The maximum atomic E-state index is 12.5. The van der Waals surface area contributed by atoms with Gasteiger partial charge >= 0.3 is 0 Å². The Labute approximate surface area is 180 Å². The van der Waals surface area contributed by atoms with Gasteiger partial charge in [0.1, 0.15) is 23.2 Å². The molecule has 0 saturated carbocycles. The number of fused-ring (bicyclic) bond motifs is 2. The highest BCUT2D eigenvalue weighted by molar-refractivity contribution is 5.93. The van der Waals surface area contributed by atoms with E-state index < -0.39 is 5.91 Å². The van der Waals surface area contributed by atoms with Gasteiger partial charge in [0, 0.05) is 37.8 Å². The summed E-state index contributed by atoms with van der Waals surface area (Å²) in [7, 11) is 1.65. The van der Waals surface area contributed by atoms with Crippen LogP contribution in [0, 0.1) is 0 Å². The Bertz CT molecular complexity index is 1140. The Morgan fingerprint density at radius 2 is 2.06 bits per heavy atom. The van der Waals surface area contributed by atoms with Crippen molar-refractivity contribution in [1.82, 2.24) is 10.2 Å². The highest BCUT2D eigenvalue weighted by atomic mass is 16.5. The van der Waals surface area contributed by atoms with Gasteiger partial charge in [0.05, 0.1) is 12.5 Å². The molecule has 1 aromatic heterocycles. The minimum absolute atomic E-state index is 0.0180. The Hall–Kier alpha value is -3.32. The molecule has 1 aliphatic rings. The summed E-state index contributed by atoms with van der Waals surface area (Å²) in [4.78, 5) is 27.0. The SMILES string of the molecule is CC[C@H]1CN(CCNC(=O)c2cc(=O)c3ccccc3o2)Cc2cc(OC)ccc2O1. The molecular formula is C24H26N2O5. The van der Waals surface area contributed by atoms with Crippen LogP contribution in [-0.4, -0.2) is 43.7 Å². The van der Waals surface area contributed by atoms with E-state index in [9.17, 15) is 9.59 Å². The molecule has 1 amide bonds. The van der Waals surface area contributed by atoms with Crippen LogP contribution >= 0.6 is 0 Å². The van der Waals surface area contributed by atoms with Crippen molar-refractivity contribution in [2.45, 2.75) is 26.0 Å². The van der Waals surface area contributed by atoms with Gasteiger partial charge in [0.2, 0.25) is 0 Å². The first-order chi connectivity index (χ1) is 15.1. The summed E-state index contributed by atoms with van der Waals surface area (Å²) in [6, 6.07) is 14.0. The van der Waals surface area contributed by atoms with Gasteiger partial charge < -0.3 is 19.2 Å². The van der Waals surface area contributed by atoms with Gasteiger partial charge in [-0.15, -0.1) is 0 Å². The highest BCUT2D eigenvalue weighted by Gasteiger charge is 2.22. The number of rotatable bonds is 6. The summed E-state index contributed by atoms with van der Waals surface area (Å²) < 4.78 is 17.1. The number of amides is 1. The molecule has 0 unspecified atom stereocenters. The van der Waals surface area contributed by atoms with Gasteiger partial charge in [0.25, 0.3) is 5.91 Å². The molecule has 162 valence electrons. The number of hydrogen-bond acceptors (Lipinski definition) is 6. The van der Waals surface area contributed by atoms with Gasteiger partial charge in [0.15, 0.2) is 11.2 Å². The smallest absolute Gasteiger partial charge is 0.287 e. The Kier molecular flexibility index (Phi) is 6.23. The van der Waals surface area contributed by atoms with Gasteiger partial charge in [-0.1, -0.05) is 19.1 Å². The largest absolute Gasteiger partial charge is 0.497 e. The number of carbonyl (C=O) groups excluding carboxylic acids is 1. The lowest BCUT2D eigenvalue weighted by Crippen LogP contribution is -2.38. The van der Waals surface area contributed by atoms with Crippen LogP contribution in [0.1, 0.15) is 29.5 Å². The molecule has 2 aromatic carbocycles. The number of para-hydroxylation sites is 1. The summed E-state index contributed by atoms with van der Waals surface area (Å²) in [5.41, 5.74) is 1.23. The summed E-state index contributed by atoms with van der Waals surface area (Å²) in [6.07, 6.45) is 0.959. The van der Waals surface area contributed by atoms with Gasteiger partial charge in [-0.25, -0.2) is 0 Å². The molecule has 1 N–H and O–H groups in total. The topological polar surface area (TPSA) is 81.0 Å². The lowest BCUT2D eigenvalue weighted by Gasteiger charge is -2.23. The monoisotopic (exact) mass is 422 g/mol. The third kappa shape index (κ3) is 4.72. The maximum absolute atomic E-state index is 12.5. The number of nitrogens with zero attached hydrogens (tertiary/aromatic N) is 1. The minimum Gasteiger partial charge on any atom is -0.497 e. The zero-order valence-electron chi connectivity index (χ0n) is 17.7. The van der Waals surface area contributed by atoms with Crippen LogP contribution in [0.3, 0.4) is 0 Å². The van der Waals surface area contributed by atoms with Crippen molar-refractivity contribution in [3.63, 3.8) is 0 Å². The van der Waals surface area contributed by atoms with E-state index in [0.29, 0.717) is 30.6 Å². The number of hydrogen-bond donors (Lipinski definition) is 1. The van der Waals surface area contributed by atoms with Crippen LogP contribution in [0.5, 0.6) is 11.5 Å². The zero-order chi connectivity index (χ0) is 21.8. The van der Waals surface area contributed by atoms with Crippen LogP contribution in [0.25, 0.3) is 11.0 Å². The number of benzene rings is 2. The molecule has 0 bridgehead atoms. The van der Waals surface area contributed by atoms with Crippen LogP contribution in [0.15, 0.2) is 57.7 Å². The molecule has 0 aliphatic carbocycles. The van der Waals surface area contributed by atoms with Crippen molar-refractivity contribution in [2.75, 3.05) is 26.7 Å². The predicted octanol–water partition coefficient (Wildman–Crippen LogP) is 3.20. The van der Waals surface area contributed by atoms with E-state index in [1.165, 1.54) is 6.07 Å². The molecule has 1 aliphatic heterocycles. The molecular weight excluding hydrogens is 396 g/mol. The first-order valence-corrected chi connectivity index (χ1v) is 10.4. The summed E-state index contributed by atoms with van der Waals surface area (Å²) in [6.45, 7) is 4.62. The standard InChI is InChI=1S/C24H26N2O5/c1-3-17-15-26(14-16-12-18(29-2)8-9-21(16)30-17)11-10-25-24(28)23-13-20(27)19-6-4-5-7-22(19)31-23/h4-9,12-13,17H,3,10-11,14-15H2,1-2H3,(H,25,28)/t17-/m0/s1.